The molecular weight excluding hydrogens is 626 g/mol. The molecule has 0 amide bonds. The molecule has 6 nitrogen and oxygen atoms in total. The number of benzene rings is 4. The summed E-state index contributed by atoms with van der Waals surface area (Å²) in [6.07, 6.45) is 20.2. The minimum Gasteiger partial charge on any atom is -0.354 e. The average Bonchev–Trinajstić information content (AvgIpc) is 3.14. The highest BCUT2D eigenvalue weighted by molar-refractivity contribution is 7.75. The van der Waals surface area contributed by atoms with Gasteiger partial charge in [0.1, 0.15) is 12.7 Å². The van der Waals surface area contributed by atoms with Gasteiger partial charge in [-0.2, -0.15) is 0 Å². The highest BCUT2D eigenvalue weighted by Gasteiger charge is 2.34. The largest absolute Gasteiger partial charge is 0.354 e. The minimum atomic E-state index is -0.725. The molecule has 2 fully saturated rings. The van der Waals surface area contributed by atoms with Crippen LogP contribution in [0.15, 0.2) is 97.8 Å². The first kappa shape index (κ1) is 30.1. The number of hydrogen-bond donors (Lipinski definition) is 2. The van der Waals surface area contributed by atoms with Gasteiger partial charge in [0, 0.05) is 67.1 Å². The normalized spacial score (nSPS) is 20.2. The Morgan fingerprint density at radius 3 is 1.40 bits per heavy atom. The third-order valence-electron chi connectivity index (χ3n) is 10.5. The van der Waals surface area contributed by atoms with Crippen molar-refractivity contribution in [3.05, 3.63) is 97.8 Å². The van der Waals surface area contributed by atoms with E-state index in [1.807, 2.05) is 12.4 Å². The second-order valence-electron chi connectivity index (χ2n) is 13.5. The summed E-state index contributed by atoms with van der Waals surface area (Å²) in [5.41, 5.74) is 7.94. The SMILES string of the molecule is c1ccc2c(c1)Nc1ccccc1P(C1CCCCC1)c1cc3cncnc3cc1Nc1cc3ncncc3cc1P2C1CCCCC1. The zero-order valence-corrected chi connectivity index (χ0v) is 28.9. The maximum Gasteiger partial charge on any atom is 0.116 e. The van der Waals surface area contributed by atoms with Crippen molar-refractivity contribution < 1.29 is 0 Å². The maximum absolute atomic E-state index is 4.75. The van der Waals surface area contributed by atoms with Crippen molar-refractivity contribution in [1.82, 2.24) is 19.9 Å². The van der Waals surface area contributed by atoms with Crippen LogP contribution in [0.2, 0.25) is 0 Å². The summed E-state index contributed by atoms with van der Waals surface area (Å²) >= 11 is 0. The van der Waals surface area contributed by atoms with Crippen LogP contribution in [-0.4, -0.2) is 31.3 Å². The number of nitrogens with one attached hydrogen (secondary N) is 2. The van der Waals surface area contributed by atoms with Crippen LogP contribution in [0.1, 0.15) is 64.2 Å². The molecule has 0 saturated heterocycles. The highest BCUT2D eigenvalue weighted by Crippen LogP contribution is 2.53. The molecule has 2 N–H and O–H groups in total. The van der Waals surface area contributed by atoms with Crippen LogP contribution in [-0.2, 0) is 0 Å². The van der Waals surface area contributed by atoms with Crippen molar-refractivity contribution in [3.8, 4) is 0 Å². The van der Waals surface area contributed by atoms with Crippen molar-refractivity contribution in [1.29, 1.82) is 0 Å². The summed E-state index contributed by atoms with van der Waals surface area (Å²) in [7, 11) is -1.45. The van der Waals surface area contributed by atoms with Crippen LogP contribution < -0.4 is 31.9 Å². The molecule has 9 rings (SSSR count). The Labute approximate surface area is 284 Å². The average molecular weight is 667 g/mol. The second-order valence-corrected chi connectivity index (χ2v) is 18.4. The van der Waals surface area contributed by atoms with Gasteiger partial charge >= 0.3 is 0 Å². The predicted octanol–water partition coefficient (Wildman–Crippen LogP) is 8.90. The molecule has 0 bridgehead atoms. The molecule has 8 heteroatoms. The highest BCUT2D eigenvalue weighted by atomic mass is 31.1. The zero-order chi connectivity index (χ0) is 31.9. The molecule has 2 saturated carbocycles. The molecule has 3 aliphatic rings. The van der Waals surface area contributed by atoms with Gasteiger partial charge in [0.2, 0.25) is 0 Å². The lowest BCUT2D eigenvalue weighted by atomic mass is 10.0. The molecule has 4 aromatic carbocycles. The van der Waals surface area contributed by atoms with Crippen molar-refractivity contribution in [2.24, 2.45) is 0 Å². The monoisotopic (exact) mass is 666 g/mol. The Kier molecular flexibility index (Phi) is 8.24. The smallest absolute Gasteiger partial charge is 0.116 e. The zero-order valence-electron chi connectivity index (χ0n) is 27.1. The molecular formula is C40H40N6P2. The van der Waals surface area contributed by atoms with Gasteiger partial charge in [0.05, 0.1) is 11.0 Å². The van der Waals surface area contributed by atoms with Gasteiger partial charge in [-0.25, -0.2) is 19.9 Å². The third kappa shape index (κ3) is 5.63. The van der Waals surface area contributed by atoms with Crippen molar-refractivity contribution >= 4 is 81.6 Å². The van der Waals surface area contributed by atoms with Gasteiger partial charge in [0.15, 0.2) is 0 Å². The molecule has 0 radical (unpaired) electrons. The summed E-state index contributed by atoms with van der Waals surface area (Å²) in [4.78, 5) is 18.4. The molecule has 3 heterocycles. The molecule has 2 aromatic heterocycles. The fraction of sp³-hybridized carbons (Fsp3) is 0.300. The van der Waals surface area contributed by atoms with E-state index in [2.05, 4.69) is 93.4 Å². The maximum atomic E-state index is 4.75. The molecule has 2 aliphatic carbocycles. The van der Waals surface area contributed by atoms with Crippen LogP contribution in [0, 0.1) is 0 Å². The number of fused-ring (bicyclic) bond motifs is 6. The molecule has 2 unspecified atom stereocenters. The Morgan fingerprint density at radius 1 is 0.479 bits per heavy atom. The van der Waals surface area contributed by atoms with E-state index in [9.17, 15) is 0 Å². The topological polar surface area (TPSA) is 75.6 Å². The minimum absolute atomic E-state index is 0.598. The summed E-state index contributed by atoms with van der Waals surface area (Å²) < 4.78 is 0. The van der Waals surface area contributed by atoms with E-state index in [1.54, 1.807) is 12.7 Å². The summed E-state index contributed by atoms with van der Waals surface area (Å²) in [5, 5.41) is 16.1. The Balaban J connectivity index is 1.36. The number of anilines is 4. The molecule has 240 valence electrons. The second kappa shape index (κ2) is 13.1. The van der Waals surface area contributed by atoms with E-state index in [-0.39, 0.29) is 0 Å². The fourth-order valence-electron chi connectivity index (χ4n) is 8.23. The summed E-state index contributed by atoms with van der Waals surface area (Å²) in [6.45, 7) is 0. The number of para-hydroxylation sites is 2. The van der Waals surface area contributed by atoms with Crippen LogP contribution in [0.4, 0.5) is 22.7 Å². The molecule has 48 heavy (non-hydrogen) atoms. The quantitative estimate of drug-likeness (QED) is 0.180. The Morgan fingerprint density at radius 2 is 0.917 bits per heavy atom. The van der Waals surface area contributed by atoms with Crippen LogP contribution in [0.3, 0.4) is 0 Å². The van der Waals surface area contributed by atoms with E-state index in [4.69, 9.17) is 9.97 Å². The van der Waals surface area contributed by atoms with Crippen molar-refractivity contribution in [3.63, 3.8) is 0 Å². The standard InChI is InChI=1S/C40H40N6P2/c1-3-11-29(12-4-1)47-37-17-9-7-15-31(37)45-32-16-8-10-18-38(32)48(30-13-5-2-6-14-30)40-20-28-24-42-26-44-34(28)22-36(40)46-35-21-33-27(19-39(35)47)23-41-25-43-33/h7-10,15-26,29-30,45-46H,1-6,11-14H2. The summed E-state index contributed by atoms with van der Waals surface area (Å²) in [6, 6.07) is 27.7. The van der Waals surface area contributed by atoms with Crippen LogP contribution >= 0.6 is 15.8 Å². The van der Waals surface area contributed by atoms with Gasteiger partial charge in [-0.05, 0) is 89.2 Å². The number of hydrogen-bond acceptors (Lipinski definition) is 6. The fourth-order valence-corrected chi connectivity index (χ4v) is 14.7. The number of nitrogens with zero attached hydrogens (tertiary/aromatic N) is 4. The first-order valence-corrected chi connectivity index (χ1v) is 20.4. The summed E-state index contributed by atoms with van der Waals surface area (Å²) in [5.74, 6) is 0. The van der Waals surface area contributed by atoms with Gasteiger partial charge in [-0.1, -0.05) is 74.9 Å². The lowest BCUT2D eigenvalue weighted by Gasteiger charge is -2.37. The molecule has 0 spiro atoms. The van der Waals surface area contributed by atoms with Gasteiger partial charge in [-0.3, -0.25) is 0 Å². The van der Waals surface area contributed by atoms with E-state index in [0.717, 1.165) is 33.2 Å². The lowest BCUT2D eigenvalue weighted by molar-refractivity contribution is 0.513. The lowest BCUT2D eigenvalue weighted by Crippen LogP contribution is -2.30. The van der Waals surface area contributed by atoms with Crippen molar-refractivity contribution in [2.45, 2.75) is 75.5 Å². The predicted molar refractivity (Wildman–Crippen MR) is 205 cm³/mol. The van der Waals surface area contributed by atoms with Crippen molar-refractivity contribution in [2.75, 3.05) is 10.6 Å². The number of aromatic nitrogens is 4. The van der Waals surface area contributed by atoms with Crippen LogP contribution in [0.5, 0.6) is 0 Å². The Bertz CT molecular complexity index is 1960. The third-order valence-corrected chi connectivity index (χ3v) is 16.6. The number of rotatable bonds is 2. The molecule has 1 aliphatic heterocycles. The first-order valence-electron chi connectivity index (χ1n) is 17.6. The van der Waals surface area contributed by atoms with Gasteiger partial charge in [-0.15, -0.1) is 0 Å². The Hall–Kier alpha value is -3.98. The van der Waals surface area contributed by atoms with Gasteiger partial charge in [0.25, 0.3) is 0 Å². The molecule has 2 atom stereocenters. The first-order chi connectivity index (χ1) is 23.8. The van der Waals surface area contributed by atoms with E-state index >= 15 is 0 Å². The van der Waals surface area contributed by atoms with E-state index in [0.29, 0.717) is 11.3 Å². The molecule has 6 aromatic rings. The van der Waals surface area contributed by atoms with E-state index < -0.39 is 15.8 Å². The van der Waals surface area contributed by atoms with Crippen LogP contribution in [0.25, 0.3) is 21.8 Å². The van der Waals surface area contributed by atoms with E-state index in [1.165, 1.54) is 96.8 Å². The van der Waals surface area contributed by atoms with Gasteiger partial charge < -0.3 is 10.6 Å².